The Hall–Kier alpha value is -1.75. The number of carboxylic acid groups (broad SMARTS) is 1. The number of nitrogens with zero attached hydrogens (tertiary/aromatic N) is 2. The van der Waals surface area contributed by atoms with Crippen LogP contribution in [-0.4, -0.2) is 21.0 Å². The minimum Gasteiger partial charge on any atom is -0.481 e. The van der Waals surface area contributed by atoms with E-state index in [2.05, 4.69) is 9.97 Å². The minimum atomic E-state index is -0.805. The molecule has 0 unspecified atom stereocenters. The normalized spacial score (nSPS) is 10.2. The van der Waals surface area contributed by atoms with Gasteiger partial charge in [-0.15, -0.1) is 11.3 Å². The van der Waals surface area contributed by atoms with E-state index in [1.807, 2.05) is 17.5 Å². The molecule has 0 fully saturated rings. The SMILES string of the molecule is O=C(O)CCc1cncnc1-c1cccs1. The average molecular weight is 234 g/mol. The Labute approximate surface area is 96.6 Å². The van der Waals surface area contributed by atoms with E-state index in [0.717, 1.165) is 16.1 Å². The molecule has 0 aromatic carbocycles. The topological polar surface area (TPSA) is 63.1 Å². The Bertz CT molecular complexity index is 482. The molecule has 2 aromatic rings. The van der Waals surface area contributed by atoms with Crippen LogP contribution in [0.5, 0.6) is 0 Å². The highest BCUT2D eigenvalue weighted by molar-refractivity contribution is 7.13. The van der Waals surface area contributed by atoms with Gasteiger partial charge in [-0.2, -0.15) is 0 Å². The highest BCUT2D eigenvalue weighted by atomic mass is 32.1. The number of carbonyl (C=O) groups is 1. The van der Waals surface area contributed by atoms with Gasteiger partial charge in [0.1, 0.15) is 6.33 Å². The maximum atomic E-state index is 10.5. The Morgan fingerprint density at radius 3 is 3.06 bits per heavy atom. The van der Waals surface area contributed by atoms with E-state index >= 15 is 0 Å². The van der Waals surface area contributed by atoms with E-state index in [1.165, 1.54) is 6.33 Å². The van der Waals surface area contributed by atoms with Gasteiger partial charge < -0.3 is 5.11 Å². The third-order valence-corrected chi connectivity index (χ3v) is 3.03. The summed E-state index contributed by atoms with van der Waals surface area (Å²) in [5.41, 5.74) is 1.72. The zero-order valence-corrected chi connectivity index (χ0v) is 9.28. The molecule has 5 heteroatoms. The maximum absolute atomic E-state index is 10.5. The van der Waals surface area contributed by atoms with Crippen LogP contribution < -0.4 is 0 Å². The van der Waals surface area contributed by atoms with Gasteiger partial charge in [-0.25, -0.2) is 9.97 Å². The van der Waals surface area contributed by atoms with Crippen molar-refractivity contribution in [2.45, 2.75) is 12.8 Å². The van der Waals surface area contributed by atoms with Gasteiger partial charge in [0, 0.05) is 12.6 Å². The summed E-state index contributed by atoms with van der Waals surface area (Å²) in [6.45, 7) is 0. The fourth-order valence-corrected chi connectivity index (χ4v) is 2.17. The number of hydrogen-bond donors (Lipinski definition) is 1. The summed E-state index contributed by atoms with van der Waals surface area (Å²) < 4.78 is 0. The van der Waals surface area contributed by atoms with E-state index in [1.54, 1.807) is 17.5 Å². The number of rotatable bonds is 4. The average Bonchev–Trinajstić information content (AvgIpc) is 2.80. The quantitative estimate of drug-likeness (QED) is 0.881. The van der Waals surface area contributed by atoms with Gasteiger partial charge >= 0.3 is 5.97 Å². The molecule has 4 nitrogen and oxygen atoms in total. The third kappa shape index (κ3) is 2.43. The first-order valence-corrected chi connectivity index (χ1v) is 5.70. The molecule has 2 heterocycles. The molecule has 0 radical (unpaired) electrons. The van der Waals surface area contributed by atoms with Crippen molar-refractivity contribution >= 4 is 17.3 Å². The molecular formula is C11H10N2O2S. The van der Waals surface area contributed by atoms with Crippen LogP contribution in [0.2, 0.25) is 0 Å². The molecule has 0 saturated heterocycles. The lowest BCUT2D eigenvalue weighted by Gasteiger charge is -2.04. The fourth-order valence-electron chi connectivity index (χ4n) is 1.42. The van der Waals surface area contributed by atoms with Crippen LogP contribution in [0.15, 0.2) is 30.0 Å². The molecule has 2 rings (SSSR count). The summed E-state index contributed by atoms with van der Waals surface area (Å²) >= 11 is 1.59. The van der Waals surface area contributed by atoms with Crippen molar-refractivity contribution in [3.8, 4) is 10.6 Å². The highest BCUT2D eigenvalue weighted by Gasteiger charge is 2.09. The van der Waals surface area contributed by atoms with Crippen LogP contribution in [-0.2, 0) is 11.2 Å². The number of aromatic nitrogens is 2. The summed E-state index contributed by atoms with van der Waals surface area (Å²) in [6.07, 6.45) is 3.74. The second kappa shape index (κ2) is 4.85. The summed E-state index contributed by atoms with van der Waals surface area (Å²) in [7, 11) is 0. The van der Waals surface area contributed by atoms with Gasteiger partial charge in [0.15, 0.2) is 0 Å². The first-order valence-electron chi connectivity index (χ1n) is 4.82. The molecule has 0 aliphatic heterocycles. The van der Waals surface area contributed by atoms with Gasteiger partial charge in [-0.05, 0) is 23.4 Å². The van der Waals surface area contributed by atoms with E-state index in [-0.39, 0.29) is 6.42 Å². The minimum absolute atomic E-state index is 0.103. The molecular weight excluding hydrogens is 224 g/mol. The molecule has 0 atom stereocenters. The zero-order valence-electron chi connectivity index (χ0n) is 8.46. The molecule has 0 aliphatic carbocycles. The van der Waals surface area contributed by atoms with Crippen LogP contribution >= 0.6 is 11.3 Å². The van der Waals surface area contributed by atoms with Gasteiger partial charge in [0.05, 0.1) is 10.6 Å². The van der Waals surface area contributed by atoms with E-state index < -0.39 is 5.97 Å². The molecule has 0 bridgehead atoms. The molecule has 82 valence electrons. The number of aliphatic carboxylic acids is 1. The number of aryl methyl sites for hydroxylation is 1. The molecule has 1 N–H and O–H groups in total. The lowest BCUT2D eigenvalue weighted by atomic mass is 10.1. The standard InChI is InChI=1S/C11H10N2O2S/c14-10(15)4-3-8-6-12-7-13-11(8)9-2-1-5-16-9/h1-2,5-7H,3-4H2,(H,14,15). The van der Waals surface area contributed by atoms with E-state index in [4.69, 9.17) is 5.11 Å². The van der Waals surface area contributed by atoms with Crippen molar-refractivity contribution in [3.05, 3.63) is 35.6 Å². The Morgan fingerprint density at radius 1 is 1.50 bits per heavy atom. The largest absolute Gasteiger partial charge is 0.481 e. The van der Waals surface area contributed by atoms with E-state index in [0.29, 0.717) is 6.42 Å². The third-order valence-electron chi connectivity index (χ3n) is 2.15. The Kier molecular flexibility index (Phi) is 3.26. The van der Waals surface area contributed by atoms with Crippen molar-refractivity contribution in [2.24, 2.45) is 0 Å². The van der Waals surface area contributed by atoms with Crippen molar-refractivity contribution in [2.75, 3.05) is 0 Å². The second-order valence-electron chi connectivity index (χ2n) is 3.27. The first kappa shape index (κ1) is 10.8. The summed E-state index contributed by atoms with van der Waals surface area (Å²) in [5, 5.41) is 10.6. The van der Waals surface area contributed by atoms with Crippen molar-refractivity contribution in [1.29, 1.82) is 0 Å². The Balaban J connectivity index is 2.27. The van der Waals surface area contributed by atoms with E-state index in [9.17, 15) is 4.79 Å². The lowest BCUT2D eigenvalue weighted by Crippen LogP contribution is -2.00. The molecule has 2 aromatic heterocycles. The fraction of sp³-hybridized carbons (Fsp3) is 0.182. The number of carboxylic acids is 1. The van der Waals surface area contributed by atoms with Crippen molar-refractivity contribution < 1.29 is 9.90 Å². The predicted octanol–water partition coefficient (Wildman–Crippen LogP) is 2.22. The molecule has 0 aliphatic rings. The molecule has 0 amide bonds. The Morgan fingerprint density at radius 2 is 2.38 bits per heavy atom. The second-order valence-corrected chi connectivity index (χ2v) is 4.22. The molecule has 0 spiro atoms. The molecule has 16 heavy (non-hydrogen) atoms. The van der Waals surface area contributed by atoms with Gasteiger partial charge in [-0.1, -0.05) is 6.07 Å². The van der Waals surface area contributed by atoms with Gasteiger partial charge in [0.2, 0.25) is 0 Å². The number of thiophene rings is 1. The first-order chi connectivity index (χ1) is 7.77. The van der Waals surface area contributed by atoms with Crippen molar-refractivity contribution in [1.82, 2.24) is 9.97 Å². The zero-order chi connectivity index (χ0) is 11.4. The van der Waals surface area contributed by atoms with Gasteiger partial charge in [0.25, 0.3) is 0 Å². The van der Waals surface area contributed by atoms with Crippen LogP contribution in [0.25, 0.3) is 10.6 Å². The summed E-state index contributed by atoms with van der Waals surface area (Å²) in [5.74, 6) is -0.805. The van der Waals surface area contributed by atoms with Gasteiger partial charge in [-0.3, -0.25) is 4.79 Å². The van der Waals surface area contributed by atoms with Crippen LogP contribution in [0, 0.1) is 0 Å². The summed E-state index contributed by atoms with van der Waals surface area (Å²) in [6, 6.07) is 3.92. The van der Waals surface area contributed by atoms with Crippen LogP contribution in [0.1, 0.15) is 12.0 Å². The lowest BCUT2D eigenvalue weighted by molar-refractivity contribution is -0.136. The highest BCUT2D eigenvalue weighted by Crippen LogP contribution is 2.25. The predicted molar refractivity (Wildman–Crippen MR) is 61.3 cm³/mol. The van der Waals surface area contributed by atoms with Crippen molar-refractivity contribution in [3.63, 3.8) is 0 Å². The summed E-state index contributed by atoms with van der Waals surface area (Å²) in [4.78, 5) is 19.7. The molecule has 0 saturated carbocycles. The van der Waals surface area contributed by atoms with Crippen LogP contribution in [0.3, 0.4) is 0 Å². The monoisotopic (exact) mass is 234 g/mol. The van der Waals surface area contributed by atoms with Crippen LogP contribution in [0.4, 0.5) is 0 Å². The smallest absolute Gasteiger partial charge is 0.303 e. The number of hydrogen-bond acceptors (Lipinski definition) is 4. The maximum Gasteiger partial charge on any atom is 0.303 e.